The molecule has 4 aromatic carbocycles. The van der Waals surface area contributed by atoms with Crippen LogP contribution in [0, 0.1) is 5.82 Å². The Labute approximate surface area is 372 Å². The van der Waals surface area contributed by atoms with Crippen LogP contribution in [0.4, 0.5) is 27.1 Å². The van der Waals surface area contributed by atoms with Gasteiger partial charge in [-0.15, -0.1) is 5.10 Å². The van der Waals surface area contributed by atoms with Gasteiger partial charge in [-0.1, -0.05) is 17.3 Å². The number of nitrogens with zero attached hydrogens (tertiary/aromatic N) is 3. The second-order valence-corrected chi connectivity index (χ2v) is 14.0. The van der Waals surface area contributed by atoms with Crippen LogP contribution < -0.4 is 36.1 Å². The summed E-state index contributed by atoms with van der Waals surface area (Å²) >= 11 is 0. The van der Waals surface area contributed by atoms with Gasteiger partial charge in [-0.2, -0.15) is 0 Å². The summed E-state index contributed by atoms with van der Waals surface area (Å²) < 4.78 is 23.6. The minimum atomic E-state index is -1.44. The molecule has 0 fully saturated rings. The van der Waals surface area contributed by atoms with Crippen molar-refractivity contribution in [1.29, 1.82) is 0 Å². The second-order valence-electron chi connectivity index (χ2n) is 14.0. The van der Waals surface area contributed by atoms with E-state index in [4.69, 9.17) is 9.47 Å². The minimum absolute atomic E-state index is 0.0196. The number of phenols is 3. The highest BCUT2D eigenvalue weighted by Crippen LogP contribution is 2.41. The number of rotatable bonds is 16. The fourth-order valence-corrected chi connectivity index (χ4v) is 6.20. The smallest absolute Gasteiger partial charge is 0.339 e. The molecule has 0 aliphatic rings. The third-order valence-corrected chi connectivity index (χ3v) is 9.53. The number of hydrogen-bond donors (Lipinski definition) is 10. The average Bonchev–Trinajstić information content (AvgIpc) is 3.80. The monoisotopic (exact) mass is 903 g/mol. The van der Waals surface area contributed by atoms with E-state index in [0.29, 0.717) is 16.8 Å². The first-order chi connectivity index (χ1) is 31.6. The molecule has 0 spiro atoms. The number of benzene rings is 4. The van der Waals surface area contributed by atoms with Crippen LogP contribution in [-0.4, -0.2) is 96.6 Å². The first-order valence-electron chi connectivity index (χ1n) is 19.2. The topological polar surface area (TPSA) is 316 Å². The summed E-state index contributed by atoms with van der Waals surface area (Å²) in [5, 5.41) is 64.1. The molecule has 6 rings (SSSR count). The molecule has 66 heavy (non-hydrogen) atoms. The predicted octanol–water partition coefficient (Wildman–Crippen LogP) is 4.70. The Kier molecular flexibility index (Phi) is 14.2. The quantitative estimate of drug-likeness (QED) is 0.0589. The Balaban J connectivity index is 1.10. The number of methoxy groups -OCH3 is 2. The molecule has 2 heterocycles. The molecular formula is C44H38FN9O12. The number of carboxylic acid groups (broad SMARTS) is 1. The van der Waals surface area contributed by atoms with Crippen molar-refractivity contribution in [1.82, 2.24) is 25.7 Å². The maximum atomic E-state index is 13.6. The number of ether oxygens (including phenoxy) is 2. The van der Waals surface area contributed by atoms with Crippen LogP contribution in [-0.2, 0) is 16.0 Å². The maximum Gasteiger partial charge on any atom is 0.339 e. The van der Waals surface area contributed by atoms with E-state index < -0.39 is 70.2 Å². The minimum Gasteiger partial charge on any atom is -0.507 e. The lowest BCUT2D eigenvalue weighted by Crippen LogP contribution is -2.45. The highest BCUT2D eigenvalue weighted by Gasteiger charge is 2.26. The number of aromatic hydroxyl groups is 3. The van der Waals surface area contributed by atoms with Crippen molar-refractivity contribution in [3.8, 4) is 28.7 Å². The molecule has 22 heteroatoms. The Morgan fingerprint density at radius 3 is 1.91 bits per heavy atom. The number of aromatic amines is 1. The molecule has 10 N–H and O–H groups in total. The lowest BCUT2D eigenvalue weighted by Gasteiger charge is -2.18. The zero-order valence-corrected chi connectivity index (χ0v) is 34.8. The van der Waals surface area contributed by atoms with Gasteiger partial charge in [0.05, 0.1) is 60.5 Å². The number of carboxylic acids is 1. The largest absolute Gasteiger partial charge is 0.507 e. The SMILES string of the molecule is COc1c(NC(=O)c2ccc(NC(=O)c3ccc(NC(=O)C(Cc4cnn[nH]4)NC(=O)c4ccc(NC(=O)/C(C)=C/c5ccc(F)cc5)cn4)cc3O)c(OC)c2O)ccc(C(=O)O)c1O. The number of aromatic nitrogens is 4. The number of halogens is 1. The molecule has 1 atom stereocenters. The first-order valence-corrected chi connectivity index (χ1v) is 19.2. The average molecular weight is 904 g/mol. The number of nitrogens with one attached hydrogen (secondary N) is 6. The highest BCUT2D eigenvalue weighted by atomic mass is 19.1. The van der Waals surface area contributed by atoms with Crippen molar-refractivity contribution in [2.45, 2.75) is 19.4 Å². The summed E-state index contributed by atoms with van der Waals surface area (Å²) in [7, 11) is 2.30. The summed E-state index contributed by atoms with van der Waals surface area (Å²) in [6.07, 6.45) is 4.05. The molecule has 1 unspecified atom stereocenters. The van der Waals surface area contributed by atoms with Crippen LogP contribution in [0.15, 0.2) is 96.8 Å². The van der Waals surface area contributed by atoms with Crippen molar-refractivity contribution in [3.05, 3.63) is 136 Å². The molecule has 0 saturated carbocycles. The summed E-state index contributed by atoms with van der Waals surface area (Å²) in [6, 6.07) is 15.2. The number of anilines is 4. The van der Waals surface area contributed by atoms with Crippen molar-refractivity contribution < 1.29 is 63.1 Å². The number of aromatic carboxylic acids is 1. The molecule has 5 amide bonds. The third-order valence-electron chi connectivity index (χ3n) is 9.53. The molecular weight excluding hydrogens is 866 g/mol. The third kappa shape index (κ3) is 10.8. The lowest BCUT2D eigenvalue weighted by atomic mass is 10.1. The maximum absolute atomic E-state index is 13.6. The lowest BCUT2D eigenvalue weighted by molar-refractivity contribution is -0.118. The van der Waals surface area contributed by atoms with Gasteiger partial charge in [0, 0.05) is 23.7 Å². The van der Waals surface area contributed by atoms with E-state index >= 15 is 0 Å². The van der Waals surface area contributed by atoms with E-state index in [1.54, 1.807) is 13.0 Å². The predicted molar refractivity (Wildman–Crippen MR) is 233 cm³/mol. The molecule has 0 aliphatic heterocycles. The normalized spacial score (nSPS) is 11.4. The van der Waals surface area contributed by atoms with Crippen molar-refractivity contribution in [3.63, 3.8) is 0 Å². The molecule has 6 aromatic rings. The molecule has 2 aromatic heterocycles. The summed E-state index contributed by atoms with van der Waals surface area (Å²) in [6.45, 7) is 1.57. The standard InChI is InChI=1S/C44H38FN9O12/c1-21(16-22-4-6-23(45)7-5-22)39(58)49-25-9-13-32(46-19-25)42(61)52-33(17-26-20-47-54-53-26)43(62)48-24-8-10-27(34(55)18-24)40(59)50-30-14-11-28(35(56)37(30)65-2)41(60)51-31-15-12-29(44(63)64)36(57)38(31)66-3/h4-16,18-20,33,55-57H,17H2,1-3H3,(H,48,62)(H,49,58)(H,50,59)(H,51,60)(H,52,61)(H,63,64)(H,47,53,54)/b21-16+. The van der Waals surface area contributed by atoms with Crippen LogP contribution in [0.5, 0.6) is 28.7 Å². The summed E-state index contributed by atoms with van der Waals surface area (Å²) in [5.74, 6) is -8.41. The Bertz CT molecular complexity index is 2870. The number of phenolic OH excluding ortho intramolecular Hbond substituents is 2. The van der Waals surface area contributed by atoms with Gasteiger partial charge in [0.15, 0.2) is 23.0 Å². The van der Waals surface area contributed by atoms with Crippen molar-refractivity contribution >= 4 is 64.3 Å². The van der Waals surface area contributed by atoms with E-state index in [2.05, 4.69) is 47.0 Å². The number of carbonyl (C=O) groups is 6. The van der Waals surface area contributed by atoms with Gasteiger partial charge < -0.3 is 56.5 Å². The van der Waals surface area contributed by atoms with E-state index in [9.17, 15) is 53.6 Å². The Morgan fingerprint density at radius 1 is 0.727 bits per heavy atom. The fourth-order valence-electron chi connectivity index (χ4n) is 6.20. The number of H-pyrrole nitrogens is 1. The fraction of sp³-hybridized carbons (Fsp3) is 0.114. The van der Waals surface area contributed by atoms with Crippen LogP contribution >= 0.6 is 0 Å². The molecule has 338 valence electrons. The van der Waals surface area contributed by atoms with Crippen LogP contribution in [0.3, 0.4) is 0 Å². The number of hydrogen-bond acceptors (Lipinski definition) is 14. The van der Waals surface area contributed by atoms with Gasteiger partial charge >= 0.3 is 5.97 Å². The van der Waals surface area contributed by atoms with Crippen LogP contribution in [0.25, 0.3) is 6.08 Å². The van der Waals surface area contributed by atoms with E-state index in [1.807, 2.05) is 0 Å². The van der Waals surface area contributed by atoms with Gasteiger partial charge in [0.1, 0.15) is 28.9 Å². The number of pyridine rings is 1. The van der Waals surface area contributed by atoms with Gasteiger partial charge in [-0.3, -0.25) is 29.1 Å². The van der Waals surface area contributed by atoms with Crippen LogP contribution in [0.1, 0.15) is 59.7 Å². The first kappa shape index (κ1) is 46.2. The molecule has 0 radical (unpaired) electrons. The molecule has 0 saturated heterocycles. The van der Waals surface area contributed by atoms with Gasteiger partial charge in [0.2, 0.25) is 5.91 Å². The molecule has 0 aliphatic carbocycles. The summed E-state index contributed by atoms with van der Waals surface area (Å²) in [5.41, 5.74) is 0.130. The molecule has 21 nitrogen and oxygen atoms in total. The Morgan fingerprint density at radius 2 is 1.33 bits per heavy atom. The van der Waals surface area contributed by atoms with E-state index in [-0.39, 0.29) is 57.5 Å². The second kappa shape index (κ2) is 20.2. The van der Waals surface area contributed by atoms with E-state index in [1.165, 1.54) is 73.1 Å². The van der Waals surface area contributed by atoms with Gasteiger partial charge in [-0.05, 0) is 79.2 Å². The van der Waals surface area contributed by atoms with Gasteiger partial charge in [-0.25, -0.2) is 14.2 Å². The number of carbonyl (C=O) groups excluding carboxylic acids is 5. The van der Waals surface area contributed by atoms with Crippen molar-refractivity contribution in [2.24, 2.45) is 0 Å². The Hall–Kier alpha value is -9.34. The van der Waals surface area contributed by atoms with Crippen molar-refractivity contribution in [2.75, 3.05) is 35.5 Å². The zero-order chi connectivity index (χ0) is 47.7. The highest BCUT2D eigenvalue weighted by molar-refractivity contribution is 6.11. The van der Waals surface area contributed by atoms with E-state index in [0.717, 1.165) is 32.4 Å². The number of amides is 5. The van der Waals surface area contributed by atoms with Gasteiger partial charge in [0.25, 0.3) is 23.6 Å². The zero-order valence-electron chi connectivity index (χ0n) is 34.8. The molecule has 0 bridgehead atoms. The summed E-state index contributed by atoms with van der Waals surface area (Å²) in [4.78, 5) is 81.7. The van der Waals surface area contributed by atoms with Crippen LogP contribution in [0.2, 0.25) is 0 Å².